The summed E-state index contributed by atoms with van der Waals surface area (Å²) in [5, 5.41) is 15.6. The highest BCUT2D eigenvalue weighted by Gasteiger charge is 2.43. The predicted molar refractivity (Wildman–Crippen MR) is 97.7 cm³/mol. The lowest BCUT2D eigenvalue weighted by Crippen LogP contribution is -2.40. The number of benzene rings is 2. The van der Waals surface area contributed by atoms with Crippen LogP contribution in [0.1, 0.15) is 24.8 Å². The first kappa shape index (κ1) is 15.8. The molecule has 0 saturated heterocycles. The Morgan fingerprint density at radius 3 is 2.79 bits per heavy atom. The fourth-order valence-electron chi connectivity index (χ4n) is 3.48. The van der Waals surface area contributed by atoms with Crippen LogP contribution in [0, 0.1) is 0 Å². The molecule has 1 aliphatic rings. The smallest absolute Gasteiger partial charge is 0.201 e. The van der Waals surface area contributed by atoms with Crippen molar-refractivity contribution in [3.05, 3.63) is 58.1 Å². The Morgan fingerprint density at radius 1 is 1.17 bits per heavy atom. The summed E-state index contributed by atoms with van der Waals surface area (Å²) < 4.78 is 0. The van der Waals surface area contributed by atoms with E-state index in [1.54, 1.807) is 12.1 Å². The number of aromatic nitrogens is 2. The van der Waals surface area contributed by atoms with E-state index in [-0.39, 0.29) is 6.04 Å². The molecule has 4 rings (SSSR count). The van der Waals surface area contributed by atoms with Crippen LogP contribution in [0.4, 0.5) is 5.95 Å². The van der Waals surface area contributed by atoms with E-state index in [0.29, 0.717) is 22.4 Å². The minimum atomic E-state index is -0.993. The van der Waals surface area contributed by atoms with Gasteiger partial charge in [-0.15, -0.1) is 0 Å². The summed E-state index contributed by atoms with van der Waals surface area (Å²) in [7, 11) is 0. The van der Waals surface area contributed by atoms with Gasteiger partial charge in [0.05, 0.1) is 27.1 Å². The van der Waals surface area contributed by atoms with Crippen LogP contribution in [0.5, 0.6) is 0 Å². The number of imidazole rings is 1. The number of halogens is 2. The molecule has 3 aromatic rings. The first-order valence-corrected chi connectivity index (χ1v) is 8.71. The molecule has 0 radical (unpaired) electrons. The van der Waals surface area contributed by atoms with Gasteiger partial charge in [-0.25, -0.2) is 4.98 Å². The number of para-hydroxylation sites is 2. The molecule has 4 nitrogen and oxygen atoms in total. The van der Waals surface area contributed by atoms with Crippen molar-refractivity contribution in [2.24, 2.45) is 0 Å². The van der Waals surface area contributed by atoms with Gasteiger partial charge in [-0.3, -0.25) is 0 Å². The lowest BCUT2D eigenvalue weighted by Gasteiger charge is -2.31. The predicted octanol–water partition coefficient (Wildman–Crippen LogP) is 4.72. The Bertz CT molecular complexity index is 862. The number of hydrogen-bond acceptors (Lipinski definition) is 3. The third-order valence-corrected chi connectivity index (χ3v) is 5.49. The van der Waals surface area contributed by atoms with Crippen LogP contribution in [-0.2, 0) is 5.60 Å². The summed E-state index contributed by atoms with van der Waals surface area (Å²) in [6.45, 7) is 0. The van der Waals surface area contributed by atoms with Gasteiger partial charge in [0.1, 0.15) is 5.60 Å². The van der Waals surface area contributed by atoms with Crippen molar-refractivity contribution in [3.8, 4) is 0 Å². The molecule has 0 spiro atoms. The monoisotopic (exact) mass is 361 g/mol. The van der Waals surface area contributed by atoms with Crippen molar-refractivity contribution >= 4 is 40.2 Å². The van der Waals surface area contributed by atoms with E-state index in [4.69, 9.17) is 23.2 Å². The van der Waals surface area contributed by atoms with E-state index < -0.39 is 5.60 Å². The minimum Gasteiger partial charge on any atom is -0.383 e. The molecule has 2 atom stereocenters. The van der Waals surface area contributed by atoms with Gasteiger partial charge in [-0.05, 0) is 49.1 Å². The lowest BCUT2D eigenvalue weighted by atomic mass is 9.88. The molecule has 1 aliphatic carbocycles. The minimum absolute atomic E-state index is 0.143. The number of rotatable bonds is 3. The number of anilines is 1. The number of aliphatic hydroxyl groups is 1. The number of H-pyrrole nitrogens is 1. The molecule has 0 amide bonds. The van der Waals surface area contributed by atoms with E-state index in [2.05, 4.69) is 15.3 Å². The summed E-state index contributed by atoms with van der Waals surface area (Å²) in [6, 6.07) is 13.0. The SMILES string of the molecule is OC1(c2ccc(Cl)c(Cl)c2)CCCC1Nc1nc2ccccc2[nH]1. The molecule has 6 heteroatoms. The number of nitrogens with zero attached hydrogens (tertiary/aromatic N) is 1. The molecule has 2 unspecified atom stereocenters. The standard InChI is InChI=1S/C18H17Cl2N3O/c19-12-8-7-11(10-13(12)20)18(24)9-3-6-16(18)23-17-21-14-4-1-2-5-15(14)22-17/h1-2,4-5,7-8,10,16,24H,3,6,9H2,(H2,21,22,23). The van der Waals surface area contributed by atoms with Crippen LogP contribution in [0.3, 0.4) is 0 Å². The van der Waals surface area contributed by atoms with Crippen LogP contribution in [0.25, 0.3) is 11.0 Å². The van der Waals surface area contributed by atoms with E-state index in [1.165, 1.54) is 0 Å². The van der Waals surface area contributed by atoms with Gasteiger partial charge < -0.3 is 15.4 Å². The summed E-state index contributed by atoms with van der Waals surface area (Å²) in [6.07, 6.45) is 2.45. The van der Waals surface area contributed by atoms with Crippen LogP contribution in [0.2, 0.25) is 10.0 Å². The van der Waals surface area contributed by atoms with E-state index in [0.717, 1.165) is 29.4 Å². The number of nitrogens with one attached hydrogen (secondary N) is 2. The fraction of sp³-hybridized carbons (Fsp3) is 0.278. The van der Waals surface area contributed by atoms with Crippen molar-refractivity contribution in [1.82, 2.24) is 9.97 Å². The molecule has 1 saturated carbocycles. The second kappa shape index (κ2) is 5.96. The maximum Gasteiger partial charge on any atom is 0.201 e. The third kappa shape index (κ3) is 2.65. The van der Waals surface area contributed by atoms with Crippen molar-refractivity contribution in [2.45, 2.75) is 30.9 Å². The summed E-state index contributed by atoms with van der Waals surface area (Å²) in [5.41, 5.74) is 1.66. The maximum absolute atomic E-state index is 11.3. The molecule has 1 heterocycles. The highest BCUT2D eigenvalue weighted by atomic mass is 35.5. The Morgan fingerprint density at radius 2 is 2.00 bits per heavy atom. The van der Waals surface area contributed by atoms with E-state index in [1.807, 2.05) is 30.3 Å². The Balaban J connectivity index is 1.65. The topological polar surface area (TPSA) is 60.9 Å². The van der Waals surface area contributed by atoms with Crippen LogP contribution < -0.4 is 5.32 Å². The zero-order valence-electron chi connectivity index (χ0n) is 12.9. The molecule has 0 bridgehead atoms. The first-order valence-electron chi connectivity index (χ1n) is 7.95. The van der Waals surface area contributed by atoms with Crippen molar-refractivity contribution in [2.75, 3.05) is 5.32 Å². The molecule has 24 heavy (non-hydrogen) atoms. The number of fused-ring (bicyclic) bond motifs is 1. The zero-order valence-corrected chi connectivity index (χ0v) is 14.4. The van der Waals surface area contributed by atoms with E-state index in [9.17, 15) is 5.11 Å². The maximum atomic E-state index is 11.3. The van der Waals surface area contributed by atoms with Gasteiger partial charge in [0.2, 0.25) is 5.95 Å². The number of hydrogen-bond donors (Lipinski definition) is 3. The normalized spacial score (nSPS) is 23.7. The second-order valence-electron chi connectivity index (χ2n) is 6.24. The van der Waals surface area contributed by atoms with Crippen molar-refractivity contribution in [1.29, 1.82) is 0 Å². The molecule has 1 aromatic heterocycles. The van der Waals surface area contributed by atoms with Crippen LogP contribution in [0.15, 0.2) is 42.5 Å². The average molecular weight is 362 g/mol. The van der Waals surface area contributed by atoms with Crippen LogP contribution >= 0.6 is 23.2 Å². The van der Waals surface area contributed by atoms with Crippen LogP contribution in [-0.4, -0.2) is 21.1 Å². The summed E-state index contributed by atoms with van der Waals surface area (Å²) in [4.78, 5) is 7.79. The van der Waals surface area contributed by atoms with E-state index >= 15 is 0 Å². The van der Waals surface area contributed by atoms with Gasteiger partial charge in [-0.2, -0.15) is 0 Å². The third-order valence-electron chi connectivity index (χ3n) is 4.75. The Kier molecular flexibility index (Phi) is 3.91. The molecular weight excluding hydrogens is 345 g/mol. The molecule has 2 aromatic carbocycles. The highest BCUT2D eigenvalue weighted by Crippen LogP contribution is 2.41. The van der Waals surface area contributed by atoms with Crippen molar-refractivity contribution < 1.29 is 5.11 Å². The second-order valence-corrected chi connectivity index (χ2v) is 7.06. The lowest BCUT2D eigenvalue weighted by molar-refractivity contribution is 0.0341. The first-order chi connectivity index (χ1) is 11.6. The zero-order chi connectivity index (χ0) is 16.7. The Hall–Kier alpha value is -1.75. The van der Waals surface area contributed by atoms with Gasteiger partial charge in [0.25, 0.3) is 0 Å². The van der Waals surface area contributed by atoms with Gasteiger partial charge in [-0.1, -0.05) is 41.4 Å². The molecule has 3 N–H and O–H groups in total. The van der Waals surface area contributed by atoms with Crippen molar-refractivity contribution in [3.63, 3.8) is 0 Å². The van der Waals surface area contributed by atoms with Gasteiger partial charge in [0.15, 0.2) is 0 Å². The highest BCUT2D eigenvalue weighted by molar-refractivity contribution is 6.42. The summed E-state index contributed by atoms with van der Waals surface area (Å²) >= 11 is 12.1. The largest absolute Gasteiger partial charge is 0.383 e. The van der Waals surface area contributed by atoms with Gasteiger partial charge >= 0.3 is 0 Å². The molecule has 0 aliphatic heterocycles. The molecular formula is C18H17Cl2N3O. The molecule has 124 valence electrons. The average Bonchev–Trinajstić information content (AvgIpc) is 3.14. The summed E-state index contributed by atoms with van der Waals surface area (Å²) in [5.74, 6) is 0.668. The molecule has 1 fully saturated rings. The quantitative estimate of drug-likeness (QED) is 0.632. The van der Waals surface area contributed by atoms with Gasteiger partial charge in [0, 0.05) is 0 Å². The fourth-order valence-corrected chi connectivity index (χ4v) is 3.78. The Labute approximate surface area is 149 Å². The number of aromatic amines is 1.